The first-order valence-corrected chi connectivity index (χ1v) is 8.89. The van der Waals surface area contributed by atoms with Gasteiger partial charge < -0.3 is 14.6 Å². The number of carbonyl (C=O) groups is 1. The van der Waals surface area contributed by atoms with Gasteiger partial charge in [0.1, 0.15) is 23.1 Å². The zero-order valence-electron chi connectivity index (χ0n) is 14.5. The first kappa shape index (κ1) is 15.7. The van der Waals surface area contributed by atoms with Crippen LogP contribution in [0.4, 0.5) is 5.82 Å². The average molecular weight is 359 g/mol. The first-order valence-electron chi connectivity index (χ1n) is 8.89. The fourth-order valence-electron chi connectivity index (χ4n) is 3.53. The predicted molar refractivity (Wildman–Crippen MR) is 101 cm³/mol. The molecule has 27 heavy (non-hydrogen) atoms. The van der Waals surface area contributed by atoms with Gasteiger partial charge in [-0.3, -0.25) is 9.78 Å². The molecule has 1 amide bonds. The Balaban J connectivity index is 1.38. The van der Waals surface area contributed by atoms with Crippen LogP contribution in [0.25, 0.3) is 22.1 Å². The molecule has 1 N–H and O–H groups in total. The van der Waals surface area contributed by atoms with Crippen molar-refractivity contribution in [1.29, 1.82) is 0 Å². The zero-order chi connectivity index (χ0) is 18.2. The molecule has 7 nitrogen and oxygen atoms in total. The van der Waals surface area contributed by atoms with Crippen molar-refractivity contribution in [2.24, 2.45) is 0 Å². The molecule has 1 atom stereocenters. The summed E-state index contributed by atoms with van der Waals surface area (Å²) in [5.41, 5.74) is 2.70. The standard InChI is InChI=1S/C20H17N5O2/c26-20(15-6-3-4-9-21-15)25-10-8-13(11-25)24-19-18-17(22-12-23-19)14-5-1-2-7-16(14)27-18/h1-7,9,12-13H,8,10-11H2,(H,22,23,24). The Hall–Kier alpha value is -3.48. The van der Waals surface area contributed by atoms with E-state index in [1.54, 1.807) is 24.7 Å². The predicted octanol–water partition coefficient (Wildman–Crippen LogP) is 3.10. The lowest BCUT2D eigenvalue weighted by Crippen LogP contribution is -2.32. The van der Waals surface area contributed by atoms with E-state index >= 15 is 0 Å². The Labute approximate surface area is 155 Å². The lowest BCUT2D eigenvalue weighted by atomic mass is 10.2. The molecule has 3 aromatic heterocycles. The van der Waals surface area contributed by atoms with Crippen molar-refractivity contribution in [2.75, 3.05) is 18.4 Å². The molecule has 1 fully saturated rings. The second kappa shape index (κ2) is 6.35. The van der Waals surface area contributed by atoms with Crippen LogP contribution < -0.4 is 5.32 Å². The maximum Gasteiger partial charge on any atom is 0.272 e. The van der Waals surface area contributed by atoms with Crippen LogP contribution in [-0.2, 0) is 0 Å². The second-order valence-corrected chi connectivity index (χ2v) is 6.59. The molecule has 0 spiro atoms. The zero-order valence-corrected chi connectivity index (χ0v) is 14.5. The third-order valence-corrected chi connectivity index (χ3v) is 4.86. The maximum absolute atomic E-state index is 12.6. The third-order valence-electron chi connectivity index (χ3n) is 4.86. The maximum atomic E-state index is 12.6. The Kier molecular flexibility index (Phi) is 3.71. The van der Waals surface area contributed by atoms with Crippen LogP contribution in [0, 0.1) is 0 Å². The highest BCUT2D eigenvalue weighted by molar-refractivity contribution is 6.05. The number of pyridine rings is 1. The minimum absolute atomic E-state index is 0.0449. The number of benzene rings is 1. The van der Waals surface area contributed by atoms with Crippen molar-refractivity contribution in [3.05, 3.63) is 60.7 Å². The highest BCUT2D eigenvalue weighted by Crippen LogP contribution is 2.31. The average Bonchev–Trinajstić information content (AvgIpc) is 3.33. The molecule has 0 saturated carbocycles. The summed E-state index contributed by atoms with van der Waals surface area (Å²) in [6.45, 7) is 1.28. The molecule has 1 unspecified atom stereocenters. The van der Waals surface area contributed by atoms with Crippen molar-refractivity contribution in [2.45, 2.75) is 12.5 Å². The van der Waals surface area contributed by atoms with Crippen molar-refractivity contribution < 1.29 is 9.21 Å². The number of carbonyl (C=O) groups excluding carboxylic acids is 1. The van der Waals surface area contributed by atoms with E-state index in [0.29, 0.717) is 30.2 Å². The minimum Gasteiger partial charge on any atom is -0.450 e. The molecule has 5 rings (SSSR count). The van der Waals surface area contributed by atoms with Gasteiger partial charge in [0.15, 0.2) is 11.4 Å². The number of hydrogen-bond acceptors (Lipinski definition) is 6. The summed E-state index contributed by atoms with van der Waals surface area (Å²) in [6, 6.07) is 13.3. The van der Waals surface area contributed by atoms with Crippen LogP contribution in [0.3, 0.4) is 0 Å². The lowest BCUT2D eigenvalue weighted by Gasteiger charge is -2.17. The van der Waals surface area contributed by atoms with Gasteiger partial charge in [-0.25, -0.2) is 9.97 Å². The number of nitrogens with zero attached hydrogens (tertiary/aromatic N) is 4. The van der Waals surface area contributed by atoms with Gasteiger partial charge in [0.25, 0.3) is 5.91 Å². The summed E-state index contributed by atoms with van der Waals surface area (Å²) in [5, 5.41) is 4.39. The van der Waals surface area contributed by atoms with Gasteiger partial charge in [-0.05, 0) is 30.7 Å². The van der Waals surface area contributed by atoms with Gasteiger partial charge in [-0.2, -0.15) is 0 Å². The van der Waals surface area contributed by atoms with Gasteiger partial charge in [0, 0.05) is 30.7 Å². The highest BCUT2D eigenvalue weighted by atomic mass is 16.3. The van der Waals surface area contributed by atoms with Crippen molar-refractivity contribution in [3.8, 4) is 0 Å². The molecule has 1 aromatic carbocycles. The Bertz CT molecular complexity index is 1130. The van der Waals surface area contributed by atoms with Crippen LogP contribution in [0.5, 0.6) is 0 Å². The molecule has 0 aliphatic carbocycles. The van der Waals surface area contributed by atoms with E-state index in [2.05, 4.69) is 20.3 Å². The number of likely N-dealkylation sites (tertiary alicyclic amines) is 1. The van der Waals surface area contributed by atoms with Gasteiger partial charge in [-0.15, -0.1) is 0 Å². The molecule has 1 aliphatic rings. The SMILES string of the molecule is O=C(c1ccccn1)N1CCC(Nc2ncnc3c2oc2ccccc23)C1. The molecule has 1 saturated heterocycles. The largest absolute Gasteiger partial charge is 0.450 e. The number of furan rings is 1. The van der Waals surface area contributed by atoms with E-state index in [0.717, 1.165) is 22.9 Å². The molecule has 4 aromatic rings. The summed E-state index contributed by atoms with van der Waals surface area (Å²) in [4.78, 5) is 27.3. The van der Waals surface area contributed by atoms with Crippen LogP contribution in [0.15, 0.2) is 59.4 Å². The second-order valence-electron chi connectivity index (χ2n) is 6.59. The van der Waals surface area contributed by atoms with Gasteiger partial charge >= 0.3 is 0 Å². The highest BCUT2D eigenvalue weighted by Gasteiger charge is 2.28. The van der Waals surface area contributed by atoms with Gasteiger partial charge in [-0.1, -0.05) is 18.2 Å². The summed E-state index contributed by atoms with van der Waals surface area (Å²) >= 11 is 0. The Morgan fingerprint density at radius 3 is 2.89 bits per heavy atom. The van der Waals surface area contributed by atoms with Crippen molar-refractivity contribution >= 4 is 33.8 Å². The molecule has 134 valence electrons. The molecule has 0 radical (unpaired) electrons. The quantitative estimate of drug-likeness (QED) is 0.605. The normalized spacial score (nSPS) is 16.9. The van der Waals surface area contributed by atoms with Gasteiger partial charge in [0.05, 0.1) is 0 Å². The summed E-state index contributed by atoms with van der Waals surface area (Å²) in [6.07, 6.45) is 4.01. The third kappa shape index (κ3) is 2.77. The Morgan fingerprint density at radius 2 is 2.00 bits per heavy atom. The summed E-state index contributed by atoms with van der Waals surface area (Å²) < 4.78 is 5.96. The molecule has 0 bridgehead atoms. The van der Waals surface area contributed by atoms with Crippen molar-refractivity contribution in [3.63, 3.8) is 0 Å². The van der Waals surface area contributed by atoms with Crippen LogP contribution in [0.2, 0.25) is 0 Å². The van der Waals surface area contributed by atoms with E-state index < -0.39 is 0 Å². The number of anilines is 1. The van der Waals surface area contributed by atoms with E-state index in [9.17, 15) is 4.79 Å². The lowest BCUT2D eigenvalue weighted by molar-refractivity contribution is 0.0786. The topological polar surface area (TPSA) is 84.2 Å². The smallest absolute Gasteiger partial charge is 0.272 e. The van der Waals surface area contributed by atoms with E-state index in [4.69, 9.17) is 4.42 Å². The Morgan fingerprint density at radius 1 is 1.11 bits per heavy atom. The number of para-hydroxylation sites is 1. The number of rotatable bonds is 3. The number of aromatic nitrogens is 3. The van der Waals surface area contributed by atoms with E-state index in [1.165, 1.54) is 0 Å². The fraction of sp³-hybridized carbons (Fsp3) is 0.200. The summed E-state index contributed by atoms with van der Waals surface area (Å²) in [5.74, 6) is 0.616. The van der Waals surface area contributed by atoms with Crippen molar-refractivity contribution in [1.82, 2.24) is 19.9 Å². The molecular formula is C20H17N5O2. The van der Waals surface area contributed by atoms with Gasteiger partial charge in [0.2, 0.25) is 0 Å². The minimum atomic E-state index is -0.0449. The first-order chi connectivity index (χ1) is 13.3. The monoisotopic (exact) mass is 359 g/mol. The number of amides is 1. The van der Waals surface area contributed by atoms with E-state index in [-0.39, 0.29) is 11.9 Å². The molecule has 1 aliphatic heterocycles. The molecule has 7 heteroatoms. The van der Waals surface area contributed by atoms with E-state index in [1.807, 2.05) is 35.2 Å². The van der Waals surface area contributed by atoms with Crippen LogP contribution in [0.1, 0.15) is 16.9 Å². The number of fused-ring (bicyclic) bond motifs is 3. The molecule has 4 heterocycles. The molecular weight excluding hydrogens is 342 g/mol. The number of hydrogen-bond donors (Lipinski definition) is 1. The fourth-order valence-corrected chi connectivity index (χ4v) is 3.53. The van der Waals surface area contributed by atoms with Crippen LogP contribution >= 0.6 is 0 Å². The van der Waals surface area contributed by atoms with Crippen LogP contribution in [-0.4, -0.2) is 44.9 Å². The number of nitrogens with one attached hydrogen (secondary N) is 1. The summed E-state index contributed by atoms with van der Waals surface area (Å²) in [7, 11) is 0.